The number of amides is 1. The molecule has 2 heterocycles. The molecule has 2 rings (SSSR count). The molecule has 106 valence electrons. The van der Waals surface area contributed by atoms with Gasteiger partial charge in [0.1, 0.15) is 0 Å². The molecule has 2 aliphatic heterocycles. The lowest BCUT2D eigenvalue weighted by atomic mass is 9.91. The normalized spacial score (nSPS) is 36.9. The molecule has 2 unspecified atom stereocenters. The van der Waals surface area contributed by atoms with E-state index in [0.29, 0.717) is 18.6 Å². The van der Waals surface area contributed by atoms with Crippen molar-refractivity contribution in [2.24, 2.45) is 5.92 Å². The van der Waals surface area contributed by atoms with Gasteiger partial charge in [-0.15, -0.1) is 12.4 Å². The van der Waals surface area contributed by atoms with Crippen LogP contribution in [0.4, 0.5) is 0 Å². The van der Waals surface area contributed by atoms with E-state index < -0.39 is 0 Å². The van der Waals surface area contributed by atoms with E-state index >= 15 is 0 Å². The Morgan fingerprint density at radius 1 is 1.33 bits per heavy atom. The molecule has 0 bridgehead atoms. The number of morpholine rings is 1. The van der Waals surface area contributed by atoms with Gasteiger partial charge in [-0.1, -0.05) is 0 Å². The van der Waals surface area contributed by atoms with Gasteiger partial charge in [-0.2, -0.15) is 0 Å². The smallest absolute Gasteiger partial charge is 0.226 e. The Balaban J connectivity index is 0.00000162. The van der Waals surface area contributed by atoms with Gasteiger partial charge in [-0.05, 0) is 40.2 Å². The number of hydrogen-bond donors (Lipinski definition) is 1. The van der Waals surface area contributed by atoms with Crippen LogP contribution in [0.1, 0.15) is 33.6 Å². The second-order valence-corrected chi connectivity index (χ2v) is 5.56. The first-order valence-corrected chi connectivity index (χ1v) is 6.73. The number of rotatable bonds is 1. The predicted molar refractivity (Wildman–Crippen MR) is 74.0 cm³/mol. The Kier molecular flexibility index (Phi) is 5.89. The summed E-state index contributed by atoms with van der Waals surface area (Å²) in [5.74, 6) is 0.542. The highest BCUT2D eigenvalue weighted by Gasteiger charge is 2.33. The van der Waals surface area contributed by atoms with Gasteiger partial charge in [0.2, 0.25) is 5.91 Å². The zero-order valence-electron chi connectivity index (χ0n) is 11.5. The maximum absolute atomic E-state index is 12.5. The molecule has 2 aliphatic rings. The van der Waals surface area contributed by atoms with Crippen molar-refractivity contribution in [2.45, 2.75) is 51.8 Å². The van der Waals surface area contributed by atoms with Crippen LogP contribution < -0.4 is 5.32 Å². The standard InChI is InChI=1S/C13H24N2O2.ClH/c1-9-6-12(4-5-14-9)13(16)15-7-11(3)17-8-10(15)2;/h9-12,14H,4-8H2,1-3H3;1H/t9-,10?,11?,12-;/m0./s1. The molecule has 2 saturated heterocycles. The zero-order valence-corrected chi connectivity index (χ0v) is 12.3. The number of carbonyl (C=O) groups is 1. The number of carbonyl (C=O) groups excluding carboxylic acids is 1. The lowest BCUT2D eigenvalue weighted by Gasteiger charge is -2.40. The van der Waals surface area contributed by atoms with Gasteiger partial charge < -0.3 is 15.0 Å². The molecule has 0 saturated carbocycles. The fourth-order valence-electron chi connectivity index (χ4n) is 2.80. The van der Waals surface area contributed by atoms with Gasteiger partial charge in [0.15, 0.2) is 0 Å². The summed E-state index contributed by atoms with van der Waals surface area (Å²) in [4.78, 5) is 14.5. The van der Waals surface area contributed by atoms with Crippen molar-refractivity contribution < 1.29 is 9.53 Å². The molecular weight excluding hydrogens is 252 g/mol. The van der Waals surface area contributed by atoms with E-state index in [-0.39, 0.29) is 30.5 Å². The minimum absolute atomic E-state index is 0. The second kappa shape index (κ2) is 6.73. The van der Waals surface area contributed by atoms with Crippen LogP contribution in [0, 0.1) is 5.92 Å². The zero-order chi connectivity index (χ0) is 12.4. The molecule has 1 amide bonds. The van der Waals surface area contributed by atoms with E-state index in [4.69, 9.17) is 4.74 Å². The van der Waals surface area contributed by atoms with E-state index in [0.717, 1.165) is 25.9 Å². The van der Waals surface area contributed by atoms with Gasteiger partial charge >= 0.3 is 0 Å². The summed E-state index contributed by atoms with van der Waals surface area (Å²) >= 11 is 0. The Labute approximate surface area is 116 Å². The van der Waals surface area contributed by atoms with Crippen molar-refractivity contribution in [1.29, 1.82) is 0 Å². The number of piperidine rings is 1. The number of hydrogen-bond acceptors (Lipinski definition) is 3. The van der Waals surface area contributed by atoms with Crippen LogP contribution in [0.3, 0.4) is 0 Å². The Hall–Kier alpha value is -0.320. The number of nitrogens with one attached hydrogen (secondary N) is 1. The molecule has 0 spiro atoms. The van der Waals surface area contributed by atoms with Gasteiger partial charge in [-0.25, -0.2) is 0 Å². The van der Waals surface area contributed by atoms with Crippen molar-refractivity contribution in [3.8, 4) is 0 Å². The molecule has 1 N–H and O–H groups in total. The van der Waals surface area contributed by atoms with E-state index in [1.807, 2.05) is 11.8 Å². The van der Waals surface area contributed by atoms with Crippen LogP contribution in [-0.2, 0) is 9.53 Å². The average molecular weight is 277 g/mol. The number of ether oxygens (including phenoxy) is 1. The van der Waals surface area contributed by atoms with Crippen LogP contribution >= 0.6 is 12.4 Å². The topological polar surface area (TPSA) is 41.6 Å². The highest BCUT2D eigenvalue weighted by atomic mass is 35.5. The van der Waals surface area contributed by atoms with Crippen LogP contribution in [0.25, 0.3) is 0 Å². The summed E-state index contributed by atoms with van der Waals surface area (Å²) in [7, 11) is 0. The fraction of sp³-hybridized carbons (Fsp3) is 0.923. The molecule has 0 aromatic heterocycles. The largest absolute Gasteiger partial charge is 0.375 e. The number of halogens is 1. The van der Waals surface area contributed by atoms with Crippen molar-refractivity contribution in [3.05, 3.63) is 0 Å². The lowest BCUT2D eigenvalue weighted by Crippen LogP contribution is -2.53. The molecule has 0 aromatic rings. The van der Waals surface area contributed by atoms with Gasteiger partial charge in [0.25, 0.3) is 0 Å². The summed E-state index contributed by atoms with van der Waals surface area (Å²) in [6, 6.07) is 0.690. The average Bonchev–Trinajstić information content (AvgIpc) is 2.31. The first-order chi connectivity index (χ1) is 8.08. The highest BCUT2D eigenvalue weighted by Crippen LogP contribution is 2.22. The van der Waals surface area contributed by atoms with Crippen LogP contribution in [0.2, 0.25) is 0 Å². The molecule has 0 aromatic carbocycles. The first-order valence-electron chi connectivity index (χ1n) is 6.73. The Morgan fingerprint density at radius 3 is 2.72 bits per heavy atom. The molecule has 0 aliphatic carbocycles. The summed E-state index contributed by atoms with van der Waals surface area (Å²) in [5.41, 5.74) is 0. The van der Waals surface area contributed by atoms with E-state index in [1.54, 1.807) is 0 Å². The summed E-state index contributed by atoms with van der Waals surface area (Å²) in [6.45, 7) is 8.66. The second-order valence-electron chi connectivity index (χ2n) is 5.56. The Bertz CT molecular complexity index is 288. The SMILES string of the molecule is CC1CN(C(=O)[C@H]2CCN[C@@H](C)C2)C(C)CO1.Cl. The maximum atomic E-state index is 12.5. The van der Waals surface area contributed by atoms with Crippen LogP contribution in [0.5, 0.6) is 0 Å². The van der Waals surface area contributed by atoms with Crippen LogP contribution in [0.15, 0.2) is 0 Å². The first kappa shape index (κ1) is 15.7. The molecule has 4 atom stereocenters. The summed E-state index contributed by atoms with van der Waals surface area (Å²) in [6.07, 6.45) is 2.12. The minimum atomic E-state index is 0. The van der Waals surface area contributed by atoms with E-state index in [9.17, 15) is 4.79 Å². The third-order valence-electron chi connectivity index (χ3n) is 3.86. The highest BCUT2D eigenvalue weighted by molar-refractivity contribution is 5.85. The van der Waals surface area contributed by atoms with Crippen molar-refractivity contribution >= 4 is 18.3 Å². The van der Waals surface area contributed by atoms with Crippen molar-refractivity contribution in [1.82, 2.24) is 10.2 Å². The fourth-order valence-corrected chi connectivity index (χ4v) is 2.80. The molecule has 4 nitrogen and oxygen atoms in total. The molecular formula is C13H25ClN2O2. The Morgan fingerprint density at radius 2 is 2.06 bits per heavy atom. The van der Waals surface area contributed by atoms with Crippen LogP contribution in [-0.4, -0.2) is 48.7 Å². The quantitative estimate of drug-likeness (QED) is 0.788. The molecule has 18 heavy (non-hydrogen) atoms. The summed E-state index contributed by atoms with van der Waals surface area (Å²) < 4.78 is 5.57. The van der Waals surface area contributed by atoms with Crippen molar-refractivity contribution in [3.63, 3.8) is 0 Å². The molecule has 0 radical (unpaired) electrons. The summed E-state index contributed by atoms with van der Waals surface area (Å²) in [5, 5.41) is 3.39. The lowest BCUT2D eigenvalue weighted by molar-refractivity contribution is -0.148. The minimum Gasteiger partial charge on any atom is -0.375 e. The molecule has 5 heteroatoms. The van der Waals surface area contributed by atoms with Gasteiger partial charge in [0.05, 0.1) is 18.8 Å². The predicted octanol–water partition coefficient (Wildman–Crippen LogP) is 1.43. The van der Waals surface area contributed by atoms with E-state index in [2.05, 4.69) is 19.2 Å². The maximum Gasteiger partial charge on any atom is 0.226 e. The molecule has 2 fully saturated rings. The monoisotopic (exact) mass is 276 g/mol. The van der Waals surface area contributed by atoms with Gasteiger partial charge in [-0.3, -0.25) is 4.79 Å². The number of nitrogens with zero attached hydrogens (tertiary/aromatic N) is 1. The van der Waals surface area contributed by atoms with Gasteiger partial charge in [0, 0.05) is 18.5 Å². The third kappa shape index (κ3) is 3.59. The third-order valence-corrected chi connectivity index (χ3v) is 3.86. The van der Waals surface area contributed by atoms with E-state index in [1.165, 1.54) is 0 Å². The van der Waals surface area contributed by atoms with Crippen molar-refractivity contribution in [2.75, 3.05) is 19.7 Å².